The average molecular weight is 261 g/mol. The first-order valence-electron chi connectivity index (χ1n) is 6.52. The van der Waals surface area contributed by atoms with Gasteiger partial charge in [-0.1, -0.05) is 17.7 Å². The zero-order valence-electron chi connectivity index (χ0n) is 11.3. The number of nitrogens with one attached hydrogen (secondary N) is 1. The fourth-order valence-electron chi connectivity index (χ4n) is 2.36. The number of hydrogen-bond donors (Lipinski definition) is 2. The van der Waals surface area contributed by atoms with Crippen molar-refractivity contribution in [2.45, 2.75) is 38.6 Å². The smallest absolute Gasteiger partial charge is 0.305 e. The van der Waals surface area contributed by atoms with Crippen molar-refractivity contribution in [1.82, 2.24) is 5.32 Å². The van der Waals surface area contributed by atoms with Gasteiger partial charge in [0.15, 0.2) is 0 Å². The maximum Gasteiger partial charge on any atom is 0.305 e. The van der Waals surface area contributed by atoms with E-state index in [0.29, 0.717) is 5.56 Å². The summed E-state index contributed by atoms with van der Waals surface area (Å²) in [4.78, 5) is 23.1. The molecule has 0 heterocycles. The zero-order chi connectivity index (χ0) is 14.0. The van der Waals surface area contributed by atoms with Gasteiger partial charge in [-0.3, -0.25) is 9.59 Å². The Labute approximate surface area is 112 Å². The van der Waals surface area contributed by atoms with E-state index in [0.717, 1.165) is 18.4 Å². The molecule has 1 unspecified atom stereocenters. The van der Waals surface area contributed by atoms with E-state index in [9.17, 15) is 9.59 Å². The van der Waals surface area contributed by atoms with Crippen LogP contribution in [0.3, 0.4) is 0 Å². The average Bonchev–Trinajstić information content (AvgIpc) is 3.12. The summed E-state index contributed by atoms with van der Waals surface area (Å²) in [6.07, 6.45) is 1.94. The molecule has 1 saturated carbocycles. The lowest BCUT2D eigenvalue weighted by Crippen LogP contribution is -2.49. The Balaban J connectivity index is 2.10. The van der Waals surface area contributed by atoms with Crippen LogP contribution in [0.1, 0.15) is 42.1 Å². The summed E-state index contributed by atoms with van der Waals surface area (Å²) in [5.41, 5.74) is 1.02. The third-order valence-electron chi connectivity index (χ3n) is 3.71. The van der Waals surface area contributed by atoms with Gasteiger partial charge in [-0.2, -0.15) is 0 Å². The van der Waals surface area contributed by atoms with Crippen molar-refractivity contribution in [3.8, 4) is 0 Å². The van der Waals surface area contributed by atoms with Gasteiger partial charge in [0.2, 0.25) is 0 Å². The molecule has 1 aliphatic rings. The summed E-state index contributed by atoms with van der Waals surface area (Å²) in [5, 5.41) is 11.9. The molecule has 0 radical (unpaired) electrons. The fraction of sp³-hybridized carbons (Fsp3) is 0.467. The van der Waals surface area contributed by atoms with Gasteiger partial charge in [-0.15, -0.1) is 0 Å². The number of benzene rings is 1. The van der Waals surface area contributed by atoms with Crippen LogP contribution in [0, 0.1) is 12.8 Å². The van der Waals surface area contributed by atoms with Crippen LogP contribution in [0.4, 0.5) is 0 Å². The topological polar surface area (TPSA) is 66.4 Å². The molecule has 4 heteroatoms. The van der Waals surface area contributed by atoms with Crippen molar-refractivity contribution in [1.29, 1.82) is 0 Å². The number of carbonyl (C=O) groups is 2. The Bertz CT molecular complexity index is 491. The Morgan fingerprint density at radius 3 is 2.37 bits per heavy atom. The van der Waals surface area contributed by atoms with E-state index < -0.39 is 11.5 Å². The summed E-state index contributed by atoms with van der Waals surface area (Å²) in [5.74, 6) is -0.799. The molecule has 0 aromatic heterocycles. The minimum absolute atomic E-state index is 0.0325. The predicted octanol–water partition coefficient (Wildman–Crippen LogP) is 2.37. The van der Waals surface area contributed by atoms with Crippen molar-refractivity contribution in [2.24, 2.45) is 5.92 Å². The Morgan fingerprint density at radius 2 is 1.89 bits per heavy atom. The molecule has 1 atom stereocenters. The predicted molar refractivity (Wildman–Crippen MR) is 72.0 cm³/mol. The SMILES string of the molecule is Cc1ccc(C(=O)NC(C)(CC(=O)O)C2CC2)cc1. The zero-order valence-corrected chi connectivity index (χ0v) is 11.3. The van der Waals surface area contributed by atoms with Crippen molar-refractivity contribution in [2.75, 3.05) is 0 Å². The van der Waals surface area contributed by atoms with E-state index in [1.807, 2.05) is 26.0 Å². The third kappa shape index (κ3) is 3.34. The molecule has 4 nitrogen and oxygen atoms in total. The minimum Gasteiger partial charge on any atom is -0.481 e. The highest BCUT2D eigenvalue weighted by Gasteiger charge is 2.44. The molecule has 2 N–H and O–H groups in total. The van der Waals surface area contributed by atoms with Crippen LogP contribution in [0.15, 0.2) is 24.3 Å². The summed E-state index contributed by atoms with van der Waals surface area (Å²) < 4.78 is 0. The second-order valence-electron chi connectivity index (χ2n) is 5.58. The van der Waals surface area contributed by atoms with E-state index >= 15 is 0 Å². The van der Waals surface area contributed by atoms with Gasteiger partial charge in [0.25, 0.3) is 5.91 Å². The maximum atomic E-state index is 12.2. The Hall–Kier alpha value is -1.84. The van der Waals surface area contributed by atoms with Crippen LogP contribution in [-0.2, 0) is 4.79 Å². The first-order chi connectivity index (χ1) is 8.90. The highest BCUT2D eigenvalue weighted by Crippen LogP contribution is 2.41. The van der Waals surface area contributed by atoms with Crippen molar-refractivity contribution in [3.63, 3.8) is 0 Å². The van der Waals surface area contributed by atoms with Crippen LogP contribution >= 0.6 is 0 Å². The molecule has 19 heavy (non-hydrogen) atoms. The molecule has 102 valence electrons. The number of rotatable bonds is 5. The molecule has 0 saturated heterocycles. The summed E-state index contributed by atoms with van der Waals surface area (Å²) >= 11 is 0. The van der Waals surface area contributed by atoms with Gasteiger partial charge in [0.05, 0.1) is 12.0 Å². The monoisotopic (exact) mass is 261 g/mol. The van der Waals surface area contributed by atoms with Crippen LogP contribution in [0.25, 0.3) is 0 Å². The van der Waals surface area contributed by atoms with Gasteiger partial charge in [-0.05, 0) is 44.7 Å². The van der Waals surface area contributed by atoms with Crippen LogP contribution < -0.4 is 5.32 Å². The molecule has 0 bridgehead atoms. The van der Waals surface area contributed by atoms with Crippen molar-refractivity contribution < 1.29 is 14.7 Å². The quantitative estimate of drug-likeness (QED) is 0.855. The van der Waals surface area contributed by atoms with E-state index in [4.69, 9.17) is 5.11 Å². The number of carboxylic acid groups (broad SMARTS) is 1. The molecule has 1 amide bonds. The van der Waals surface area contributed by atoms with E-state index in [2.05, 4.69) is 5.32 Å². The second-order valence-corrected chi connectivity index (χ2v) is 5.58. The number of carboxylic acids is 1. The maximum absolute atomic E-state index is 12.2. The first-order valence-corrected chi connectivity index (χ1v) is 6.52. The second kappa shape index (κ2) is 5.03. The summed E-state index contributed by atoms with van der Waals surface area (Å²) in [7, 11) is 0. The molecule has 0 aliphatic heterocycles. The molecule has 2 rings (SSSR count). The van der Waals surface area contributed by atoms with Gasteiger partial charge < -0.3 is 10.4 Å². The summed E-state index contributed by atoms with van der Waals surface area (Å²) in [6.45, 7) is 3.78. The molecular formula is C15H19NO3. The highest BCUT2D eigenvalue weighted by atomic mass is 16.4. The molecular weight excluding hydrogens is 242 g/mol. The number of aliphatic carboxylic acids is 1. The molecule has 0 spiro atoms. The van der Waals surface area contributed by atoms with Gasteiger partial charge in [0, 0.05) is 5.56 Å². The standard InChI is InChI=1S/C15H19NO3/c1-10-3-5-11(6-4-10)14(19)16-15(2,9-13(17)18)12-7-8-12/h3-6,12H,7-9H2,1-2H3,(H,16,19)(H,17,18). The van der Waals surface area contributed by atoms with Crippen molar-refractivity contribution >= 4 is 11.9 Å². The minimum atomic E-state index is -0.876. The summed E-state index contributed by atoms with van der Waals surface area (Å²) in [6, 6.07) is 7.28. The molecule has 1 fully saturated rings. The molecule has 1 aliphatic carbocycles. The van der Waals surface area contributed by atoms with Crippen molar-refractivity contribution in [3.05, 3.63) is 35.4 Å². The molecule has 1 aromatic carbocycles. The first kappa shape index (κ1) is 13.6. The number of amides is 1. The van der Waals surface area contributed by atoms with E-state index in [1.165, 1.54) is 0 Å². The molecule has 1 aromatic rings. The lowest BCUT2D eigenvalue weighted by Gasteiger charge is -2.29. The fourth-order valence-corrected chi connectivity index (χ4v) is 2.36. The lowest BCUT2D eigenvalue weighted by atomic mass is 9.91. The third-order valence-corrected chi connectivity index (χ3v) is 3.71. The number of aryl methyl sites for hydroxylation is 1. The normalized spacial score (nSPS) is 17.6. The Morgan fingerprint density at radius 1 is 1.32 bits per heavy atom. The van der Waals surface area contributed by atoms with E-state index in [-0.39, 0.29) is 18.2 Å². The lowest BCUT2D eigenvalue weighted by molar-refractivity contribution is -0.138. The van der Waals surface area contributed by atoms with Gasteiger partial charge >= 0.3 is 5.97 Å². The Kier molecular flexibility index (Phi) is 3.60. The van der Waals surface area contributed by atoms with Gasteiger partial charge in [0.1, 0.15) is 0 Å². The van der Waals surface area contributed by atoms with Gasteiger partial charge in [-0.25, -0.2) is 0 Å². The van der Waals surface area contributed by atoms with E-state index in [1.54, 1.807) is 12.1 Å². The van der Waals surface area contributed by atoms with Crippen LogP contribution in [0.2, 0.25) is 0 Å². The van der Waals surface area contributed by atoms with Crippen LogP contribution in [-0.4, -0.2) is 22.5 Å². The highest BCUT2D eigenvalue weighted by molar-refractivity contribution is 5.95. The number of hydrogen-bond acceptors (Lipinski definition) is 2. The largest absolute Gasteiger partial charge is 0.481 e. The van der Waals surface area contributed by atoms with Crippen LogP contribution in [0.5, 0.6) is 0 Å². The number of carbonyl (C=O) groups excluding carboxylic acids is 1.